The molecule has 1 aliphatic carbocycles. The zero-order valence-corrected chi connectivity index (χ0v) is 12.4. The Balaban J connectivity index is 1.90. The molecule has 0 saturated carbocycles. The molecular formula is C18H20FNO. The summed E-state index contributed by atoms with van der Waals surface area (Å²) in [5, 5.41) is 3.37. The Kier molecular flexibility index (Phi) is 3.82. The molecule has 0 aliphatic heterocycles. The standard InChI is InChI=1S/C18H20FNO/c1-12-6-9-16(19)18(10-12)20-17-5-3-4-13-11-14(21-2)7-8-15(13)17/h6-11,17,20H,3-5H2,1-2H3. The maximum atomic E-state index is 13.9. The molecule has 0 saturated heterocycles. The highest BCUT2D eigenvalue weighted by Crippen LogP contribution is 2.35. The molecule has 21 heavy (non-hydrogen) atoms. The second-order valence-corrected chi connectivity index (χ2v) is 5.64. The van der Waals surface area contributed by atoms with Crippen LogP contribution >= 0.6 is 0 Å². The van der Waals surface area contributed by atoms with Gasteiger partial charge in [0.15, 0.2) is 0 Å². The summed E-state index contributed by atoms with van der Waals surface area (Å²) in [6, 6.07) is 11.5. The quantitative estimate of drug-likeness (QED) is 0.887. The number of hydrogen-bond acceptors (Lipinski definition) is 2. The van der Waals surface area contributed by atoms with Crippen molar-refractivity contribution in [2.75, 3.05) is 12.4 Å². The van der Waals surface area contributed by atoms with Gasteiger partial charge in [0.1, 0.15) is 11.6 Å². The average Bonchev–Trinajstić information content (AvgIpc) is 2.50. The summed E-state index contributed by atoms with van der Waals surface area (Å²) in [7, 11) is 1.68. The molecule has 2 aromatic rings. The molecule has 1 unspecified atom stereocenters. The molecule has 3 heteroatoms. The van der Waals surface area contributed by atoms with Crippen LogP contribution < -0.4 is 10.1 Å². The molecule has 2 aromatic carbocycles. The second-order valence-electron chi connectivity index (χ2n) is 5.64. The lowest BCUT2D eigenvalue weighted by atomic mass is 9.87. The number of halogens is 1. The fraction of sp³-hybridized carbons (Fsp3) is 0.333. The van der Waals surface area contributed by atoms with Gasteiger partial charge >= 0.3 is 0 Å². The Hall–Kier alpha value is -2.03. The van der Waals surface area contributed by atoms with Crippen LogP contribution in [0.4, 0.5) is 10.1 Å². The Bertz CT molecular complexity index is 654. The normalized spacial score (nSPS) is 17.2. The molecule has 0 aromatic heterocycles. The molecular weight excluding hydrogens is 265 g/mol. The van der Waals surface area contributed by atoms with Crippen LogP contribution in [0.3, 0.4) is 0 Å². The first-order valence-corrected chi connectivity index (χ1v) is 7.37. The topological polar surface area (TPSA) is 21.3 Å². The number of ether oxygens (including phenoxy) is 1. The molecule has 0 fully saturated rings. The Morgan fingerprint density at radius 3 is 2.86 bits per heavy atom. The van der Waals surface area contributed by atoms with Crippen LogP contribution in [0.5, 0.6) is 5.75 Å². The van der Waals surface area contributed by atoms with Gasteiger partial charge in [0, 0.05) is 0 Å². The number of anilines is 1. The van der Waals surface area contributed by atoms with Crippen LogP contribution in [0.1, 0.15) is 35.6 Å². The lowest BCUT2D eigenvalue weighted by Crippen LogP contribution is -2.18. The predicted molar refractivity (Wildman–Crippen MR) is 83.4 cm³/mol. The van der Waals surface area contributed by atoms with Crippen molar-refractivity contribution in [3.63, 3.8) is 0 Å². The minimum Gasteiger partial charge on any atom is -0.497 e. The number of aryl methyl sites for hydroxylation is 2. The highest BCUT2D eigenvalue weighted by atomic mass is 19.1. The first-order chi connectivity index (χ1) is 10.2. The molecule has 0 amide bonds. The summed E-state index contributed by atoms with van der Waals surface area (Å²) in [5.41, 5.74) is 4.20. The monoisotopic (exact) mass is 285 g/mol. The first kappa shape index (κ1) is 13.9. The molecule has 0 radical (unpaired) electrons. The zero-order valence-electron chi connectivity index (χ0n) is 12.4. The number of methoxy groups -OCH3 is 1. The van der Waals surface area contributed by atoms with E-state index in [1.54, 1.807) is 13.2 Å². The third-order valence-corrected chi connectivity index (χ3v) is 4.12. The summed E-state index contributed by atoms with van der Waals surface area (Å²) >= 11 is 0. The maximum Gasteiger partial charge on any atom is 0.146 e. The summed E-state index contributed by atoms with van der Waals surface area (Å²) < 4.78 is 19.2. The summed E-state index contributed by atoms with van der Waals surface area (Å²) in [4.78, 5) is 0. The van der Waals surface area contributed by atoms with Gasteiger partial charge in [-0.2, -0.15) is 0 Å². The van der Waals surface area contributed by atoms with Crippen LogP contribution in [-0.2, 0) is 6.42 Å². The van der Waals surface area contributed by atoms with Crippen LogP contribution in [-0.4, -0.2) is 7.11 Å². The van der Waals surface area contributed by atoms with Crippen molar-refractivity contribution in [2.45, 2.75) is 32.2 Å². The van der Waals surface area contributed by atoms with Gasteiger partial charge in [-0.25, -0.2) is 4.39 Å². The van der Waals surface area contributed by atoms with Crippen molar-refractivity contribution < 1.29 is 9.13 Å². The molecule has 2 nitrogen and oxygen atoms in total. The van der Waals surface area contributed by atoms with Gasteiger partial charge < -0.3 is 10.1 Å². The van der Waals surface area contributed by atoms with Crippen molar-refractivity contribution in [3.05, 3.63) is 58.9 Å². The highest BCUT2D eigenvalue weighted by Gasteiger charge is 2.21. The SMILES string of the molecule is COc1ccc2c(c1)CCCC2Nc1cc(C)ccc1F. The predicted octanol–water partition coefficient (Wildman–Crippen LogP) is 4.63. The van der Waals surface area contributed by atoms with Crippen molar-refractivity contribution in [2.24, 2.45) is 0 Å². The highest BCUT2D eigenvalue weighted by molar-refractivity contribution is 5.51. The van der Waals surface area contributed by atoms with Gasteiger partial charge in [-0.3, -0.25) is 0 Å². The molecule has 1 N–H and O–H groups in total. The van der Waals surface area contributed by atoms with Crippen molar-refractivity contribution in [3.8, 4) is 5.75 Å². The second kappa shape index (κ2) is 5.76. The zero-order chi connectivity index (χ0) is 14.8. The molecule has 1 aliphatic rings. The summed E-state index contributed by atoms with van der Waals surface area (Å²) in [5.74, 6) is 0.692. The Labute approximate surface area is 125 Å². The minimum atomic E-state index is -0.193. The van der Waals surface area contributed by atoms with Crippen LogP contribution in [0.2, 0.25) is 0 Å². The summed E-state index contributed by atoms with van der Waals surface area (Å²) in [6.45, 7) is 1.98. The van der Waals surface area contributed by atoms with E-state index in [4.69, 9.17) is 4.74 Å². The van der Waals surface area contributed by atoms with Gasteiger partial charge in [0.25, 0.3) is 0 Å². The molecule has 0 bridgehead atoms. The van der Waals surface area contributed by atoms with Gasteiger partial charge in [-0.05, 0) is 67.1 Å². The third kappa shape index (κ3) is 2.87. The Morgan fingerprint density at radius 2 is 2.05 bits per heavy atom. The lowest BCUT2D eigenvalue weighted by Gasteiger charge is -2.28. The van der Waals surface area contributed by atoms with Gasteiger partial charge in [0.2, 0.25) is 0 Å². The van der Waals surface area contributed by atoms with Crippen LogP contribution in [0.15, 0.2) is 36.4 Å². The fourth-order valence-electron chi connectivity index (χ4n) is 3.01. The first-order valence-electron chi connectivity index (χ1n) is 7.37. The smallest absolute Gasteiger partial charge is 0.146 e. The fourth-order valence-corrected chi connectivity index (χ4v) is 3.01. The van der Waals surface area contributed by atoms with Crippen molar-refractivity contribution in [1.29, 1.82) is 0 Å². The molecule has 3 rings (SSSR count). The number of benzene rings is 2. The van der Waals surface area contributed by atoms with E-state index in [1.165, 1.54) is 17.2 Å². The van der Waals surface area contributed by atoms with Crippen LogP contribution in [0.25, 0.3) is 0 Å². The van der Waals surface area contributed by atoms with Gasteiger partial charge in [-0.1, -0.05) is 12.1 Å². The summed E-state index contributed by atoms with van der Waals surface area (Å²) in [6.07, 6.45) is 3.18. The molecule has 0 spiro atoms. The van der Waals surface area contributed by atoms with E-state index < -0.39 is 0 Å². The molecule has 110 valence electrons. The third-order valence-electron chi connectivity index (χ3n) is 4.12. The maximum absolute atomic E-state index is 13.9. The van der Waals surface area contributed by atoms with Gasteiger partial charge in [0.05, 0.1) is 18.8 Å². The van der Waals surface area contributed by atoms with Crippen molar-refractivity contribution >= 4 is 5.69 Å². The van der Waals surface area contributed by atoms with E-state index in [0.29, 0.717) is 5.69 Å². The van der Waals surface area contributed by atoms with E-state index in [2.05, 4.69) is 17.4 Å². The van der Waals surface area contributed by atoms with Crippen molar-refractivity contribution in [1.82, 2.24) is 0 Å². The van der Waals surface area contributed by atoms with Gasteiger partial charge in [-0.15, -0.1) is 0 Å². The van der Waals surface area contributed by atoms with E-state index in [9.17, 15) is 4.39 Å². The largest absolute Gasteiger partial charge is 0.497 e. The average molecular weight is 285 g/mol. The Morgan fingerprint density at radius 1 is 1.19 bits per heavy atom. The number of fused-ring (bicyclic) bond motifs is 1. The molecule has 1 atom stereocenters. The number of hydrogen-bond donors (Lipinski definition) is 1. The van der Waals surface area contributed by atoms with E-state index >= 15 is 0 Å². The van der Waals surface area contributed by atoms with Crippen LogP contribution in [0, 0.1) is 12.7 Å². The number of rotatable bonds is 3. The van der Waals surface area contributed by atoms with E-state index in [0.717, 1.165) is 30.6 Å². The minimum absolute atomic E-state index is 0.163. The van der Waals surface area contributed by atoms with E-state index in [1.807, 2.05) is 19.1 Å². The van der Waals surface area contributed by atoms with E-state index in [-0.39, 0.29) is 11.9 Å². The lowest BCUT2D eigenvalue weighted by molar-refractivity contribution is 0.413. The molecule has 0 heterocycles. The number of nitrogens with one attached hydrogen (secondary N) is 1.